The van der Waals surface area contributed by atoms with Gasteiger partial charge in [-0.3, -0.25) is 0 Å². The summed E-state index contributed by atoms with van der Waals surface area (Å²) in [7, 11) is 0. The quantitative estimate of drug-likeness (QED) is 0.647. The van der Waals surface area contributed by atoms with Crippen molar-refractivity contribution in [3.05, 3.63) is 29.8 Å². The maximum absolute atomic E-state index is 9.48. The Bertz CT molecular complexity index is 265. The summed E-state index contributed by atoms with van der Waals surface area (Å²) in [6, 6.07) is 7.86. The van der Waals surface area contributed by atoms with Crippen LogP contribution >= 0.6 is 12.8 Å². The number of aliphatic hydroxyl groups is 1. The summed E-state index contributed by atoms with van der Waals surface area (Å²) >= 11 is 4.00. The van der Waals surface area contributed by atoms with E-state index in [0.717, 1.165) is 17.7 Å². The zero-order valence-electron chi connectivity index (χ0n) is 7.70. The van der Waals surface area contributed by atoms with Crippen molar-refractivity contribution in [2.75, 3.05) is 4.72 Å². The second kappa shape index (κ2) is 5.14. The third-order valence-electron chi connectivity index (χ3n) is 2.06. The second-order valence-electron chi connectivity index (χ2n) is 3.04. The fraction of sp³-hybridized carbons (Fsp3) is 0.400. The molecule has 13 heavy (non-hydrogen) atoms. The molecule has 0 saturated carbocycles. The van der Waals surface area contributed by atoms with E-state index in [1.807, 2.05) is 31.2 Å². The molecule has 0 saturated heterocycles. The standard InChI is InChI=1S/C10H15NOS/c1-2-9(12)7-8-5-3-4-6-10(8)11-13/h3-6,9,11-13H,2,7H2,1H3. The van der Waals surface area contributed by atoms with E-state index in [-0.39, 0.29) is 6.10 Å². The molecule has 0 spiro atoms. The van der Waals surface area contributed by atoms with Crippen molar-refractivity contribution >= 4 is 18.5 Å². The van der Waals surface area contributed by atoms with Crippen molar-refractivity contribution in [3.63, 3.8) is 0 Å². The monoisotopic (exact) mass is 197 g/mol. The summed E-state index contributed by atoms with van der Waals surface area (Å²) in [6.07, 6.45) is 1.20. The van der Waals surface area contributed by atoms with Crippen molar-refractivity contribution in [2.45, 2.75) is 25.9 Å². The minimum Gasteiger partial charge on any atom is -0.393 e. The number of rotatable bonds is 4. The van der Waals surface area contributed by atoms with Crippen LogP contribution in [-0.2, 0) is 6.42 Å². The Morgan fingerprint density at radius 2 is 2.15 bits per heavy atom. The minimum atomic E-state index is -0.261. The minimum absolute atomic E-state index is 0.261. The van der Waals surface area contributed by atoms with Gasteiger partial charge in [0.05, 0.1) is 6.10 Å². The summed E-state index contributed by atoms with van der Waals surface area (Å²) < 4.78 is 2.81. The number of hydrogen-bond acceptors (Lipinski definition) is 3. The summed E-state index contributed by atoms with van der Waals surface area (Å²) in [5.41, 5.74) is 2.07. The largest absolute Gasteiger partial charge is 0.393 e. The molecule has 0 heterocycles. The number of aliphatic hydroxyl groups excluding tert-OH is 1. The van der Waals surface area contributed by atoms with Gasteiger partial charge in [-0.15, -0.1) is 0 Å². The van der Waals surface area contributed by atoms with Crippen molar-refractivity contribution < 1.29 is 5.11 Å². The number of thiol groups is 1. The van der Waals surface area contributed by atoms with Crippen LogP contribution in [0.25, 0.3) is 0 Å². The highest BCUT2D eigenvalue weighted by Crippen LogP contribution is 2.17. The number of anilines is 1. The molecule has 0 aromatic heterocycles. The van der Waals surface area contributed by atoms with Gasteiger partial charge in [-0.25, -0.2) is 0 Å². The lowest BCUT2D eigenvalue weighted by atomic mass is 10.0. The Morgan fingerprint density at radius 1 is 1.46 bits per heavy atom. The fourth-order valence-corrected chi connectivity index (χ4v) is 1.42. The van der Waals surface area contributed by atoms with Gasteiger partial charge in [0.1, 0.15) is 0 Å². The van der Waals surface area contributed by atoms with Gasteiger partial charge in [-0.1, -0.05) is 37.9 Å². The Kier molecular flexibility index (Phi) is 4.12. The lowest BCUT2D eigenvalue weighted by Gasteiger charge is -2.11. The number of para-hydroxylation sites is 1. The van der Waals surface area contributed by atoms with Crippen LogP contribution in [0.1, 0.15) is 18.9 Å². The Hall–Kier alpha value is -0.670. The number of nitrogens with one attached hydrogen (secondary N) is 1. The molecule has 0 aliphatic heterocycles. The molecular weight excluding hydrogens is 182 g/mol. The molecule has 0 fully saturated rings. The van der Waals surface area contributed by atoms with Crippen molar-refractivity contribution in [3.8, 4) is 0 Å². The second-order valence-corrected chi connectivity index (χ2v) is 3.26. The van der Waals surface area contributed by atoms with Gasteiger partial charge in [0, 0.05) is 12.1 Å². The summed E-state index contributed by atoms with van der Waals surface area (Å²) in [5.74, 6) is 0. The summed E-state index contributed by atoms with van der Waals surface area (Å²) in [4.78, 5) is 0. The molecule has 72 valence electrons. The summed E-state index contributed by atoms with van der Waals surface area (Å²) in [6.45, 7) is 1.97. The van der Waals surface area contributed by atoms with Crippen LogP contribution in [0.2, 0.25) is 0 Å². The third-order valence-corrected chi connectivity index (χ3v) is 2.31. The van der Waals surface area contributed by atoms with Gasteiger partial charge < -0.3 is 9.83 Å². The average Bonchev–Trinajstić information content (AvgIpc) is 2.18. The molecule has 1 unspecified atom stereocenters. The van der Waals surface area contributed by atoms with Gasteiger partial charge in [0.15, 0.2) is 0 Å². The molecule has 0 amide bonds. The molecule has 1 aromatic carbocycles. The number of hydrogen-bond donors (Lipinski definition) is 3. The van der Waals surface area contributed by atoms with Gasteiger partial charge in [-0.2, -0.15) is 0 Å². The fourth-order valence-electron chi connectivity index (χ4n) is 1.21. The normalized spacial score (nSPS) is 12.5. The molecule has 0 aliphatic carbocycles. The topological polar surface area (TPSA) is 32.3 Å². The zero-order valence-corrected chi connectivity index (χ0v) is 8.59. The first kappa shape index (κ1) is 10.4. The molecule has 0 radical (unpaired) electrons. The molecule has 1 aromatic rings. The molecule has 2 N–H and O–H groups in total. The van der Waals surface area contributed by atoms with E-state index >= 15 is 0 Å². The van der Waals surface area contributed by atoms with Crippen LogP contribution in [0.15, 0.2) is 24.3 Å². The average molecular weight is 197 g/mol. The number of benzene rings is 1. The van der Waals surface area contributed by atoms with Crippen LogP contribution in [0.5, 0.6) is 0 Å². The predicted molar refractivity (Wildman–Crippen MR) is 59.1 cm³/mol. The van der Waals surface area contributed by atoms with Crippen molar-refractivity contribution in [1.29, 1.82) is 0 Å². The first-order valence-electron chi connectivity index (χ1n) is 4.44. The van der Waals surface area contributed by atoms with Crippen LogP contribution in [-0.4, -0.2) is 11.2 Å². The maximum atomic E-state index is 9.48. The smallest absolute Gasteiger partial charge is 0.0578 e. The molecule has 0 aliphatic rings. The van der Waals surface area contributed by atoms with E-state index in [2.05, 4.69) is 17.5 Å². The SMILES string of the molecule is CCC(O)Cc1ccccc1NS. The van der Waals surface area contributed by atoms with Crippen LogP contribution in [0.3, 0.4) is 0 Å². The van der Waals surface area contributed by atoms with E-state index in [4.69, 9.17) is 0 Å². The van der Waals surface area contributed by atoms with Crippen LogP contribution in [0.4, 0.5) is 5.69 Å². The maximum Gasteiger partial charge on any atom is 0.0578 e. The first-order valence-corrected chi connectivity index (χ1v) is 4.88. The predicted octanol–water partition coefficient (Wildman–Crippen LogP) is 2.26. The molecule has 1 atom stereocenters. The van der Waals surface area contributed by atoms with E-state index in [0.29, 0.717) is 6.42 Å². The third kappa shape index (κ3) is 2.94. The molecule has 3 heteroatoms. The van der Waals surface area contributed by atoms with E-state index in [1.165, 1.54) is 0 Å². The van der Waals surface area contributed by atoms with Gasteiger partial charge >= 0.3 is 0 Å². The van der Waals surface area contributed by atoms with Gasteiger partial charge in [0.25, 0.3) is 0 Å². The Morgan fingerprint density at radius 3 is 2.77 bits per heavy atom. The van der Waals surface area contributed by atoms with Crippen LogP contribution < -0.4 is 4.72 Å². The van der Waals surface area contributed by atoms with E-state index in [9.17, 15) is 5.11 Å². The lowest BCUT2D eigenvalue weighted by Crippen LogP contribution is -2.09. The molecule has 1 rings (SSSR count). The highest BCUT2D eigenvalue weighted by Gasteiger charge is 2.05. The first-order chi connectivity index (χ1) is 6.27. The molecule has 2 nitrogen and oxygen atoms in total. The highest BCUT2D eigenvalue weighted by molar-refractivity contribution is 7.81. The lowest BCUT2D eigenvalue weighted by molar-refractivity contribution is 0.171. The van der Waals surface area contributed by atoms with Crippen LogP contribution in [0, 0.1) is 0 Å². The van der Waals surface area contributed by atoms with E-state index in [1.54, 1.807) is 0 Å². The Labute approximate surface area is 84.5 Å². The van der Waals surface area contributed by atoms with Gasteiger partial charge in [0.2, 0.25) is 0 Å². The summed E-state index contributed by atoms with van der Waals surface area (Å²) in [5, 5.41) is 9.48. The van der Waals surface area contributed by atoms with Gasteiger partial charge in [-0.05, 0) is 18.1 Å². The van der Waals surface area contributed by atoms with Crippen molar-refractivity contribution in [1.82, 2.24) is 0 Å². The van der Waals surface area contributed by atoms with Crippen molar-refractivity contribution in [2.24, 2.45) is 0 Å². The zero-order chi connectivity index (χ0) is 9.68. The molecular formula is C10H15NOS. The highest BCUT2D eigenvalue weighted by atomic mass is 32.1. The Balaban J connectivity index is 2.74. The van der Waals surface area contributed by atoms with E-state index < -0.39 is 0 Å². The molecule has 0 bridgehead atoms.